The van der Waals surface area contributed by atoms with Gasteiger partial charge in [-0.25, -0.2) is 0 Å². The van der Waals surface area contributed by atoms with E-state index in [0.29, 0.717) is 12.6 Å². The molecule has 0 fully saturated rings. The quantitative estimate of drug-likeness (QED) is 0.464. The smallest absolute Gasteiger partial charge is 0.257 e. The van der Waals surface area contributed by atoms with Gasteiger partial charge < -0.3 is 9.16 Å². The summed E-state index contributed by atoms with van der Waals surface area (Å²) in [6.45, 7) is 12.4. The van der Waals surface area contributed by atoms with E-state index >= 15 is 0 Å². The van der Waals surface area contributed by atoms with Crippen molar-refractivity contribution in [3.8, 4) is 0 Å². The average molecular weight is 160 g/mol. The molecule has 0 unspecified atom stereocenters. The van der Waals surface area contributed by atoms with Crippen LogP contribution in [-0.2, 0) is 9.16 Å². The molecule has 0 saturated carbocycles. The van der Waals surface area contributed by atoms with Crippen LogP contribution in [0.5, 0.6) is 0 Å². The van der Waals surface area contributed by atoms with Crippen molar-refractivity contribution in [1.82, 2.24) is 0 Å². The average Bonchev–Trinajstić information content (AvgIpc) is 1.59. The zero-order valence-corrected chi connectivity index (χ0v) is 8.23. The SMILES string of the molecule is C=C(OCC)O[Si](C)(C)C. The second kappa shape index (κ2) is 3.66. The third-order valence-corrected chi connectivity index (χ3v) is 1.57. The lowest BCUT2D eigenvalue weighted by atomic mass is 10.8. The second-order valence-electron chi connectivity index (χ2n) is 3.02. The van der Waals surface area contributed by atoms with Crippen molar-refractivity contribution in [2.45, 2.75) is 26.6 Å². The van der Waals surface area contributed by atoms with Crippen LogP contribution in [0.2, 0.25) is 19.6 Å². The molecule has 0 heterocycles. The minimum absolute atomic E-state index is 0.460. The minimum atomic E-state index is -1.48. The molecule has 0 aliphatic heterocycles. The Kier molecular flexibility index (Phi) is 3.50. The van der Waals surface area contributed by atoms with Crippen molar-refractivity contribution < 1.29 is 9.16 Å². The number of rotatable bonds is 4. The van der Waals surface area contributed by atoms with E-state index in [-0.39, 0.29) is 0 Å². The Hall–Kier alpha value is -0.443. The van der Waals surface area contributed by atoms with Crippen LogP contribution < -0.4 is 0 Å². The molecule has 10 heavy (non-hydrogen) atoms. The van der Waals surface area contributed by atoms with Crippen LogP contribution in [-0.4, -0.2) is 14.9 Å². The summed E-state index contributed by atoms with van der Waals surface area (Å²) in [6.07, 6.45) is 0. The summed E-state index contributed by atoms with van der Waals surface area (Å²) in [5.74, 6) is 0.460. The van der Waals surface area contributed by atoms with Gasteiger partial charge in [0, 0.05) is 0 Å². The van der Waals surface area contributed by atoms with Crippen molar-refractivity contribution in [3.63, 3.8) is 0 Å². The first-order valence-corrected chi connectivity index (χ1v) is 6.87. The van der Waals surface area contributed by atoms with Gasteiger partial charge in [0.15, 0.2) is 0 Å². The molecule has 0 aromatic heterocycles. The maximum Gasteiger partial charge on any atom is 0.257 e. The molecule has 0 saturated heterocycles. The molecular formula is C7H16O2Si. The first kappa shape index (κ1) is 9.56. The van der Waals surface area contributed by atoms with Gasteiger partial charge >= 0.3 is 0 Å². The lowest BCUT2D eigenvalue weighted by Crippen LogP contribution is -2.25. The molecule has 0 N–H and O–H groups in total. The molecule has 0 atom stereocenters. The van der Waals surface area contributed by atoms with Crippen molar-refractivity contribution in [2.75, 3.05) is 6.61 Å². The number of ether oxygens (including phenoxy) is 1. The molecule has 0 rings (SSSR count). The topological polar surface area (TPSA) is 18.5 Å². The molecule has 0 amide bonds. The van der Waals surface area contributed by atoms with Crippen LogP contribution in [0.4, 0.5) is 0 Å². The van der Waals surface area contributed by atoms with Gasteiger partial charge in [0.05, 0.1) is 6.61 Å². The van der Waals surface area contributed by atoms with Crippen molar-refractivity contribution >= 4 is 8.32 Å². The summed E-state index contributed by atoms with van der Waals surface area (Å²) in [4.78, 5) is 0. The van der Waals surface area contributed by atoms with Gasteiger partial charge in [-0.2, -0.15) is 0 Å². The van der Waals surface area contributed by atoms with Crippen molar-refractivity contribution in [3.05, 3.63) is 12.5 Å². The highest BCUT2D eigenvalue weighted by molar-refractivity contribution is 6.69. The maximum absolute atomic E-state index is 5.40. The van der Waals surface area contributed by atoms with E-state index < -0.39 is 8.32 Å². The first-order valence-electron chi connectivity index (χ1n) is 3.46. The third-order valence-electron chi connectivity index (χ3n) is 0.725. The number of hydrogen-bond acceptors (Lipinski definition) is 2. The fourth-order valence-electron chi connectivity index (χ4n) is 0.532. The molecule has 0 aromatic rings. The summed E-state index contributed by atoms with van der Waals surface area (Å²) in [6, 6.07) is 0. The van der Waals surface area contributed by atoms with E-state index in [1.54, 1.807) is 0 Å². The molecule has 0 spiro atoms. The molecule has 0 aliphatic rings. The van der Waals surface area contributed by atoms with Crippen molar-refractivity contribution in [2.24, 2.45) is 0 Å². The van der Waals surface area contributed by atoms with Crippen molar-refractivity contribution in [1.29, 1.82) is 0 Å². The van der Waals surface area contributed by atoms with E-state index in [1.807, 2.05) is 6.92 Å². The molecule has 0 bridgehead atoms. The Morgan fingerprint density at radius 2 is 1.90 bits per heavy atom. The lowest BCUT2D eigenvalue weighted by Gasteiger charge is -2.19. The summed E-state index contributed by atoms with van der Waals surface area (Å²) in [5, 5.41) is 0. The monoisotopic (exact) mass is 160 g/mol. The minimum Gasteiger partial charge on any atom is -0.520 e. The van der Waals surface area contributed by atoms with Crippen LogP contribution in [0.25, 0.3) is 0 Å². The highest BCUT2D eigenvalue weighted by Gasteiger charge is 2.16. The van der Waals surface area contributed by atoms with Crippen LogP contribution in [0, 0.1) is 0 Å². The van der Waals surface area contributed by atoms with Gasteiger partial charge in [0.1, 0.15) is 0 Å². The molecule has 60 valence electrons. The summed E-state index contributed by atoms with van der Waals surface area (Å²) >= 11 is 0. The molecule has 2 nitrogen and oxygen atoms in total. The van der Waals surface area contributed by atoms with Gasteiger partial charge in [-0.1, -0.05) is 0 Å². The first-order chi connectivity index (χ1) is 4.45. The van der Waals surface area contributed by atoms with Gasteiger partial charge in [-0.3, -0.25) is 0 Å². The fraction of sp³-hybridized carbons (Fsp3) is 0.714. The Morgan fingerprint density at radius 1 is 1.40 bits per heavy atom. The Labute approximate surface area is 64.0 Å². The molecular weight excluding hydrogens is 144 g/mol. The zero-order chi connectivity index (χ0) is 8.20. The van der Waals surface area contributed by atoms with Gasteiger partial charge in [0.25, 0.3) is 5.95 Å². The normalized spacial score (nSPS) is 10.8. The van der Waals surface area contributed by atoms with Crippen LogP contribution in [0.15, 0.2) is 12.5 Å². The molecule has 0 aromatic carbocycles. The van der Waals surface area contributed by atoms with E-state index in [4.69, 9.17) is 9.16 Å². The van der Waals surface area contributed by atoms with Crippen LogP contribution >= 0.6 is 0 Å². The molecule has 3 heteroatoms. The summed E-state index contributed by atoms with van der Waals surface area (Å²) in [7, 11) is -1.48. The summed E-state index contributed by atoms with van der Waals surface area (Å²) < 4.78 is 10.4. The van der Waals surface area contributed by atoms with E-state index in [9.17, 15) is 0 Å². The Morgan fingerprint density at radius 3 is 2.20 bits per heavy atom. The Balaban J connectivity index is 3.58. The predicted molar refractivity (Wildman–Crippen MR) is 45.2 cm³/mol. The largest absolute Gasteiger partial charge is 0.520 e. The van der Waals surface area contributed by atoms with Crippen LogP contribution in [0.3, 0.4) is 0 Å². The van der Waals surface area contributed by atoms with Gasteiger partial charge in [0.2, 0.25) is 8.32 Å². The highest BCUT2D eigenvalue weighted by Crippen LogP contribution is 2.08. The van der Waals surface area contributed by atoms with E-state index in [2.05, 4.69) is 26.2 Å². The standard InChI is InChI=1S/C7H16O2Si/c1-6-8-7(2)9-10(3,4)5/h2,6H2,1,3-5H3. The molecule has 0 radical (unpaired) electrons. The van der Waals surface area contributed by atoms with Gasteiger partial charge in [-0.15, -0.1) is 0 Å². The third kappa shape index (κ3) is 5.69. The van der Waals surface area contributed by atoms with Crippen LogP contribution in [0.1, 0.15) is 6.92 Å². The van der Waals surface area contributed by atoms with Gasteiger partial charge in [-0.05, 0) is 33.1 Å². The second-order valence-corrected chi connectivity index (χ2v) is 7.45. The Bertz CT molecular complexity index is 115. The number of hydrogen-bond donors (Lipinski definition) is 0. The molecule has 0 aliphatic carbocycles. The predicted octanol–water partition coefficient (Wildman–Crippen LogP) is 2.35. The maximum atomic E-state index is 5.40. The zero-order valence-electron chi connectivity index (χ0n) is 7.23. The van der Waals surface area contributed by atoms with E-state index in [0.717, 1.165) is 0 Å². The summed E-state index contributed by atoms with van der Waals surface area (Å²) in [5.41, 5.74) is 0. The lowest BCUT2D eigenvalue weighted by molar-refractivity contribution is 0.114. The van der Waals surface area contributed by atoms with E-state index in [1.165, 1.54) is 0 Å². The highest BCUT2D eigenvalue weighted by atomic mass is 28.4. The fourth-order valence-corrected chi connectivity index (χ4v) is 1.27.